The van der Waals surface area contributed by atoms with Crippen LogP contribution in [0.4, 0.5) is 0 Å². The third kappa shape index (κ3) is 5.76. The van der Waals surface area contributed by atoms with E-state index in [1.807, 2.05) is 13.8 Å². The van der Waals surface area contributed by atoms with Crippen LogP contribution in [0, 0.1) is 0 Å². The van der Waals surface area contributed by atoms with Crippen LogP contribution < -0.4 is 9.47 Å². The van der Waals surface area contributed by atoms with Crippen molar-refractivity contribution >= 4 is 11.9 Å². The SMILES string of the molecule is CCCOc1ccc(C(=O)N(CC(=O)O)C(C)C)cc1OCCC. The molecule has 0 atom stereocenters. The number of hydrogen-bond donors (Lipinski definition) is 1. The Morgan fingerprint density at radius 1 is 1.08 bits per heavy atom. The zero-order valence-electron chi connectivity index (χ0n) is 14.9. The van der Waals surface area contributed by atoms with Gasteiger partial charge in [-0.2, -0.15) is 0 Å². The Morgan fingerprint density at radius 2 is 1.67 bits per heavy atom. The molecule has 0 radical (unpaired) electrons. The molecule has 1 aromatic rings. The molecule has 0 aliphatic carbocycles. The van der Waals surface area contributed by atoms with Crippen LogP contribution in [-0.2, 0) is 4.79 Å². The first-order chi connectivity index (χ1) is 11.4. The Hall–Kier alpha value is -2.24. The van der Waals surface area contributed by atoms with E-state index in [2.05, 4.69) is 0 Å². The molecule has 24 heavy (non-hydrogen) atoms. The lowest BCUT2D eigenvalue weighted by Crippen LogP contribution is -2.40. The van der Waals surface area contributed by atoms with Gasteiger partial charge in [-0.1, -0.05) is 13.8 Å². The Morgan fingerprint density at radius 3 is 2.17 bits per heavy atom. The van der Waals surface area contributed by atoms with Gasteiger partial charge in [-0.3, -0.25) is 9.59 Å². The fourth-order valence-corrected chi connectivity index (χ4v) is 2.10. The largest absolute Gasteiger partial charge is 0.490 e. The first-order valence-electron chi connectivity index (χ1n) is 8.33. The zero-order valence-corrected chi connectivity index (χ0v) is 14.9. The number of carbonyl (C=O) groups excluding carboxylic acids is 1. The van der Waals surface area contributed by atoms with Crippen LogP contribution in [0.15, 0.2) is 18.2 Å². The molecule has 0 aliphatic rings. The molecule has 1 amide bonds. The van der Waals surface area contributed by atoms with Crippen LogP contribution in [0.2, 0.25) is 0 Å². The van der Waals surface area contributed by atoms with Crippen LogP contribution in [0.1, 0.15) is 50.9 Å². The molecule has 0 fully saturated rings. The lowest BCUT2D eigenvalue weighted by molar-refractivity contribution is -0.138. The number of rotatable bonds is 10. The number of ether oxygens (including phenoxy) is 2. The summed E-state index contributed by atoms with van der Waals surface area (Å²) in [5.74, 6) is -0.274. The number of carbonyl (C=O) groups is 2. The molecule has 0 spiro atoms. The molecule has 0 unspecified atom stereocenters. The Labute approximate surface area is 143 Å². The molecule has 0 aromatic heterocycles. The third-order valence-electron chi connectivity index (χ3n) is 3.30. The van der Waals surface area contributed by atoms with Crippen molar-refractivity contribution in [3.05, 3.63) is 23.8 Å². The molecule has 6 nitrogen and oxygen atoms in total. The second-order valence-electron chi connectivity index (χ2n) is 5.78. The lowest BCUT2D eigenvalue weighted by Gasteiger charge is -2.25. The van der Waals surface area contributed by atoms with E-state index in [4.69, 9.17) is 14.6 Å². The third-order valence-corrected chi connectivity index (χ3v) is 3.30. The van der Waals surface area contributed by atoms with E-state index in [1.165, 1.54) is 4.90 Å². The molecule has 0 bridgehead atoms. The number of amides is 1. The van der Waals surface area contributed by atoms with Gasteiger partial charge in [0.25, 0.3) is 5.91 Å². The Bertz CT molecular complexity index is 556. The van der Waals surface area contributed by atoms with Crippen molar-refractivity contribution in [1.29, 1.82) is 0 Å². The van der Waals surface area contributed by atoms with Crippen molar-refractivity contribution in [2.45, 2.75) is 46.6 Å². The van der Waals surface area contributed by atoms with Gasteiger partial charge in [0.15, 0.2) is 11.5 Å². The van der Waals surface area contributed by atoms with Gasteiger partial charge < -0.3 is 19.5 Å². The predicted octanol–water partition coefficient (Wildman–Crippen LogP) is 3.20. The minimum atomic E-state index is -1.04. The molecule has 0 aliphatic heterocycles. The van der Waals surface area contributed by atoms with E-state index in [0.717, 1.165) is 12.8 Å². The highest BCUT2D eigenvalue weighted by Crippen LogP contribution is 2.29. The summed E-state index contributed by atoms with van der Waals surface area (Å²) in [5, 5.41) is 9.00. The van der Waals surface area contributed by atoms with Gasteiger partial charge in [0.05, 0.1) is 13.2 Å². The highest BCUT2D eigenvalue weighted by Gasteiger charge is 2.22. The predicted molar refractivity (Wildman–Crippen MR) is 91.8 cm³/mol. The van der Waals surface area contributed by atoms with E-state index in [-0.39, 0.29) is 18.5 Å². The minimum absolute atomic E-state index is 0.218. The molecule has 0 saturated carbocycles. The summed E-state index contributed by atoms with van der Waals surface area (Å²) in [5.41, 5.74) is 0.389. The first kappa shape index (κ1) is 19.8. The van der Waals surface area contributed by atoms with Crippen LogP contribution in [-0.4, -0.2) is 47.7 Å². The number of benzene rings is 1. The normalized spacial score (nSPS) is 10.5. The molecular formula is C18H27NO5. The number of aliphatic carboxylic acids is 1. The van der Waals surface area contributed by atoms with Gasteiger partial charge in [-0.25, -0.2) is 0 Å². The summed E-state index contributed by atoms with van der Waals surface area (Å²) < 4.78 is 11.3. The second kappa shape index (κ2) is 9.80. The lowest BCUT2D eigenvalue weighted by atomic mass is 10.1. The Kier molecular flexibility index (Phi) is 8.09. The number of nitrogens with zero attached hydrogens (tertiary/aromatic N) is 1. The van der Waals surface area contributed by atoms with Crippen molar-refractivity contribution in [3.63, 3.8) is 0 Å². The van der Waals surface area contributed by atoms with Gasteiger partial charge in [-0.15, -0.1) is 0 Å². The van der Waals surface area contributed by atoms with Crippen LogP contribution >= 0.6 is 0 Å². The van der Waals surface area contributed by atoms with E-state index in [0.29, 0.717) is 30.3 Å². The average Bonchev–Trinajstić information content (AvgIpc) is 2.55. The van der Waals surface area contributed by atoms with Gasteiger partial charge >= 0.3 is 5.97 Å². The van der Waals surface area contributed by atoms with E-state index in [1.54, 1.807) is 32.0 Å². The quantitative estimate of drug-likeness (QED) is 0.709. The molecule has 1 aromatic carbocycles. The number of carboxylic acids is 1. The minimum Gasteiger partial charge on any atom is -0.490 e. The highest BCUT2D eigenvalue weighted by atomic mass is 16.5. The van der Waals surface area contributed by atoms with E-state index >= 15 is 0 Å². The summed E-state index contributed by atoms with van der Waals surface area (Å²) in [6.07, 6.45) is 1.70. The van der Waals surface area contributed by atoms with Crippen molar-refractivity contribution in [1.82, 2.24) is 4.90 Å². The number of carboxylic acid groups (broad SMARTS) is 1. The van der Waals surface area contributed by atoms with Crippen LogP contribution in [0.3, 0.4) is 0 Å². The average molecular weight is 337 g/mol. The molecule has 1 rings (SSSR count). The van der Waals surface area contributed by atoms with Gasteiger partial charge in [-0.05, 0) is 44.9 Å². The van der Waals surface area contributed by atoms with Crippen molar-refractivity contribution in [2.75, 3.05) is 19.8 Å². The smallest absolute Gasteiger partial charge is 0.323 e. The standard InChI is InChI=1S/C18H27NO5/c1-5-9-23-15-8-7-14(11-16(15)24-10-6-2)18(22)19(13(3)4)12-17(20)21/h7-8,11,13H,5-6,9-10,12H2,1-4H3,(H,20,21). The van der Waals surface area contributed by atoms with Gasteiger partial charge in [0.1, 0.15) is 6.54 Å². The molecule has 6 heteroatoms. The van der Waals surface area contributed by atoms with Crippen LogP contribution in [0.25, 0.3) is 0 Å². The zero-order chi connectivity index (χ0) is 18.1. The molecular weight excluding hydrogens is 310 g/mol. The molecule has 0 saturated heterocycles. The molecule has 1 N–H and O–H groups in total. The Balaban J connectivity index is 3.08. The maximum Gasteiger partial charge on any atom is 0.323 e. The fraction of sp³-hybridized carbons (Fsp3) is 0.556. The highest BCUT2D eigenvalue weighted by molar-refractivity contribution is 5.96. The molecule has 0 heterocycles. The first-order valence-corrected chi connectivity index (χ1v) is 8.33. The summed E-state index contributed by atoms with van der Waals surface area (Å²) in [4.78, 5) is 24.9. The monoisotopic (exact) mass is 337 g/mol. The fourth-order valence-electron chi connectivity index (χ4n) is 2.10. The summed E-state index contributed by atoms with van der Waals surface area (Å²) >= 11 is 0. The van der Waals surface area contributed by atoms with E-state index in [9.17, 15) is 9.59 Å². The van der Waals surface area contributed by atoms with Crippen molar-refractivity contribution in [2.24, 2.45) is 0 Å². The summed E-state index contributed by atoms with van der Waals surface area (Å²) in [6, 6.07) is 4.75. The summed E-state index contributed by atoms with van der Waals surface area (Å²) in [6.45, 7) is 8.32. The van der Waals surface area contributed by atoms with E-state index < -0.39 is 5.97 Å². The maximum absolute atomic E-state index is 12.6. The molecule has 134 valence electrons. The number of hydrogen-bond acceptors (Lipinski definition) is 4. The van der Waals surface area contributed by atoms with Crippen molar-refractivity contribution in [3.8, 4) is 11.5 Å². The summed E-state index contributed by atoms with van der Waals surface area (Å²) in [7, 11) is 0. The topological polar surface area (TPSA) is 76.1 Å². The van der Waals surface area contributed by atoms with Crippen LogP contribution in [0.5, 0.6) is 11.5 Å². The second-order valence-corrected chi connectivity index (χ2v) is 5.78. The van der Waals surface area contributed by atoms with Gasteiger partial charge in [0, 0.05) is 11.6 Å². The van der Waals surface area contributed by atoms with Gasteiger partial charge in [0.2, 0.25) is 0 Å². The maximum atomic E-state index is 12.6. The van der Waals surface area contributed by atoms with Crippen molar-refractivity contribution < 1.29 is 24.2 Å².